The summed E-state index contributed by atoms with van der Waals surface area (Å²) >= 11 is -0.694. The standard InChI is InChI=1S/C11H11.C9H13.2ClH.Zr/c1-8-7-9(2)11-6-4-3-5-10(8)11;1-6-5-7(2)9(4)8(6)3;;;/h3-6,8H,1-2H3;5H,1-4H3;2*1H;/q;;;;+2/p-2. The fourth-order valence-corrected chi connectivity index (χ4v) is 8.50. The Balaban J connectivity index is 0.00000132. The third-order valence-electron chi connectivity index (χ3n) is 5.50. The summed E-state index contributed by atoms with van der Waals surface area (Å²) in [6.45, 7) is 14.2. The molecule has 1 aromatic carbocycles. The van der Waals surface area contributed by atoms with E-state index in [9.17, 15) is 0 Å². The summed E-state index contributed by atoms with van der Waals surface area (Å²) in [7, 11) is 0. The fraction of sp³-hybridized carbons (Fsp3) is 0.400. The molecule has 0 radical (unpaired) electrons. The van der Waals surface area contributed by atoms with Crippen molar-refractivity contribution in [3.63, 3.8) is 0 Å². The van der Waals surface area contributed by atoms with Crippen LogP contribution in [0.25, 0.3) is 5.57 Å². The van der Waals surface area contributed by atoms with E-state index in [1.165, 1.54) is 16.7 Å². The molecule has 2 aliphatic rings. The van der Waals surface area contributed by atoms with Crippen molar-refractivity contribution in [2.75, 3.05) is 0 Å². The van der Waals surface area contributed by atoms with E-state index in [1.807, 2.05) is 0 Å². The zero-order chi connectivity index (χ0) is 15.4. The van der Waals surface area contributed by atoms with Gasteiger partial charge in [-0.15, -0.1) is 0 Å². The van der Waals surface area contributed by atoms with Crippen LogP contribution < -0.4 is 24.8 Å². The molecule has 0 bridgehead atoms. The van der Waals surface area contributed by atoms with Gasteiger partial charge in [0.1, 0.15) is 0 Å². The van der Waals surface area contributed by atoms with Gasteiger partial charge in [-0.3, -0.25) is 0 Å². The van der Waals surface area contributed by atoms with Crippen LogP contribution in [0.15, 0.2) is 50.3 Å². The monoisotopic (exact) mass is 424 g/mol. The zero-order valence-corrected chi connectivity index (χ0v) is 18.7. The first-order valence-corrected chi connectivity index (χ1v) is 10.3. The molecule has 2 atom stereocenters. The van der Waals surface area contributed by atoms with Crippen LogP contribution in [-0.4, -0.2) is 0 Å². The minimum atomic E-state index is -0.694. The van der Waals surface area contributed by atoms with E-state index in [0.29, 0.717) is 9.04 Å². The maximum atomic E-state index is 2.56. The van der Waals surface area contributed by atoms with E-state index in [1.54, 1.807) is 20.0 Å². The Hall–Kier alpha value is -0.0969. The number of halogens is 2. The molecular weight excluding hydrogens is 402 g/mol. The van der Waals surface area contributed by atoms with Crippen molar-refractivity contribution in [3.8, 4) is 0 Å². The Bertz CT molecular complexity index is 712. The molecule has 3 heteroatoms. The van der Waals surface area contributed by atoms with Crippen molar-refractivity contribution in [2.24, 2.45) is 0 Å². The van der Waals surface area contributed by atoms with Crippen LogP contribution in [0.3, 0.4) is 0 Å². The first-order chi connectivity index (χ1) is 9.85. The van der Waals surface area contributed by atoms with Gasteiger partial charge in [-0.2, -0.15) is 0 Å². The Kier molecular flexibility index (Phi) is 6.76. The molecule has 0 spiro atoms. The molecule has 3 rings (SSSR count). The predicted octanol–water partition coefficient (Wildman–Crippen LogP) is 0.100. The maximum absolute atomic E-state index is 2.56. The molecular formula is C20H24Cl2Zr. The fourth-order valence-electron chi connectivity index (χ4n) is 3.79. The van der Waals surface area contributed by atoms with Crippen molar-refractivity contribution in [3.05, 3.63) is 61.5 Å². The summed E-state index contributed by atoms with van der Waals surface area (Å²) in [5.41, 5.74) is 9.27. The van der Waals surface area contributed by atoms with Crippen LogP contribution in [0, 0.1) is 0 Å². The third-order valence-corrected chi connectivity index (χ3v) is 10.7. The minimum absolute atomic E-state index is 0. The van der Waals surface area contributed by atoms with Crippen LogP contribution in [0.1, 0.15) is 58.6 Å². The van der Waals surface area contributed by atoms with Gasteiger partial charge in [0.2, 0.25) is 0 Å². The summed E-state index contributed by atoms with van der Waals surface area (Å²) in [6, 6.07) is 8.99. The van der Waals surface area contributed by atoms with E-state index < -0.39 is 23.2 Å². The van der Waals surface area contributed by atoms with Gasteiger partial charge in [0, 0.05) is 0 Å². The number of rotatable bonds is 2. The largest absolute Gasteiger partial charge is 1.00 e. The van der Waals surface area contributed by atoms with Gasteiger partial charge < -0.3 is 24.8 Å². The Labute approximate surface area is 164 Å². The maximum Gasteiger partial charge on any atom is -1.00 e. The van der Waals surface area contributed by atoms with Gasteiger partial charge in [0.15, 0.2) is 0 Å². The molecule has 0 heterocycles. The SMILES string of the molecule is CC1=C[C](C)([Zr+2][C]2=C(C)c3ccccc3C2C)C(C)=C1C.[Cl-].[Cl-]. The number of hydrogen-bond donors (Lipinski definition) is 0. The van der Waals surface area contributed by atoms with E-state index in [-0.39, 0.29) is 24.8 Å². The molecule has 0 aliphatic heterocycles. The molecule has 0 saturated carbocycles. The second-order valence-corrected chi connectivity index (χ2v) is 11.2. The predicted molar refractivity (Wildman–Crippen MR) is 87.9 cm³/mol. The van der Waals surface area contributed by atoms with Crippen LogP contribution >= 0.6 is 0 Å². The van der Waals surface area contributed by atoms with E-state index >= 15 is 0 Å². The van der Waals surface area contributed by atoms with Crippen molar-refractivity contribution < 1.29 is 48.0 Å². The van der Waals surface area contributed by atoms with Crippen molar-refractivity contribution in [1.29, 1.82) is 0 Å². The van der Waals surface area contributed by atoms with Gasteiger partial charge in [0.25, 0.3) is 0 Å². The van der Waals surface area contributed by atoms with Crippen molar-refractivity contribution in [1.82, 2.24) is 0 Å². The molecule has 0 fully saturated rings. The molecule has 23 heavy (non-hydrogen) atoms. The Morgan fingerprint density at radius 3 is 2.09 bits per heavy atom. The van der Waals surface area contributed by atoms with Gasteiger partial charge >= 0.3 is 141 Å². The first kappa shape index (κ1) is 20.9. The molecule has 1 aromatic rings. The molecule has 2 aliphatic carbocycles. The molecule has 0 aromatic heterocycles. The van der Waals surface area contributed by atoms with Crippen LogP contribution in [0.5, 0.6) is 0 Å². The smallest absolute Gasteiger partial charge is 1.00 e. The third kappa shape index (κ3) is 3.35. The number of fused-ring (bicyclic) bond motifs is 1. The molecule has 2 unspecified atom stereocenters. The molecule has 122 valence electrons. The molecule has 0 saturated heterocycles. The average Bonchev–Trinajstić information content (AvgIpc) is 2.81. The second-order valence-electron chi connectivity index (χ2n) is 6.75. The number of allylic oxidation sites excluding steroid dienone is 6. The minimum Gasteiger partial charge on any atom is -1.00 e. The Morgan fingerprint density at radius 1 is 0.957 bits per heavy atom. The van der Waals surface area contributed by atoms with Crippen LogP contribution in [0.4, 0.5) is 0 Å². The first-order valence-electron chi connectivity index (χ1n) is 7.81. The average molecular weight is 427 g/mol. The quantitative estimate of drug-likeness (QED) is 0.630. The van der Waals surface area contributed by atoms with Crippen LogP contribution in [-0.2, 0) is 23.2 Å². The summed E-state index contributed by atoms with van der Waals surface area (Å²) in [6.07, 6.45) is 2.56. The van der Waals surface area contributed by atoms with Gasteiger partial charge in [0.05, 0.1) is 0 Å². The normalized spacial score (nSPS) is 25.5. The van der Waals surface area contributed by atoms with Gasteiger partial charge in [-0.1, -0.05) is 0 Å². The van der Waals surface area contributed by atoms with Crippen molar-refractivity contribution in [2.45, 2.75) is 50.6 Å². The summed E-state index contributed by atoms with van der Waals surface area (Å²) in [4.78, 5) is 0. The topological polar surface area (TPSA) is 0 Å². The van der Waals surface area contributed by atoms with E-state index in [4.69, 9.17) is 0 Å². The van der Waals surface area contributed by atoms with Gasteiger partial charge in [-0.05, 0) is 0 Å². The summed E-state index contributed by atoms with van der Waals surface area (Å²) < 4.78 is 2.16. The summed E-state index contributed by atoms with van der Waals surface area (Å²) in [5, 5.41) is 0. The second kappa shape index (κ2) is 7.42. The van der Waals surface area contributed by atoms with Crippen molar-refractivity contribution >= 4 is 5.57 Å². The number of benzene rings is 1. The molecule has 0 N–H and O–H groups in total. The van der Waals surface area contributed by atoms with Gasteiger partial charge in [-0.25, -0.2) is 0 Å². The zero-order valence-electron chi connectivity index (χ0n) is 14.7. The summed E-state index contributed by atoms with van der Waals surface area (Å²) in [5.74, 6) is 0.632. The van der Waals surface area contributed by atoms with E-state index in [0.717, 1.165) is 0 Å². The van der Waals surface area contributed by atoms with Crippen LogP contribution in [0.2, 0.25) is 3.12 Å². The Morgan fingerprint density at radius 2 is 1.57 bits per heavy atom. The molecule has 0 nitrogen and oxygen atoms in total. The molecule has 0 amide bonds. The van der Waals surface area contributed by atoms with E-state index in [2.05, 4.69) is 71.9 Å². The number of hydrogen-bond acceptors (Lipinski definition) is 0.